The number of amides is 4. The van der Waals surface area contributed by atoms with E-state index < -0.39 is 53.8 Å². The van der Waals surface area contributed by atoms with Crippen LogP contribution in [0.15, 0.2) is 25.0 Å². The normalized spacial score (nSPS) is 14.2. The van der Waals surface area contributed by atoms with Crippen LogP contribution in [0, 0.1) is 5.92 Å². The lowest BCUT2D eigenvalue weighted by molar-refractivity contribution is -0.142. The molecule has 0 aliphatic rings. The third-order valence-corrected chi connectivity index (χ3v) is 5.58. The summed E-state index contributed by atoms with van der Waals surface area (Å²) in [6, 6.07) is -4.59. The van der Waals surface area contributed by atoms with E-state index >= 15 is 0 Å². The van der Waals surface area contributed by atoms with Crippen LogP contribution < -0.4 is 27.4 Å². The Balaban J connectivity index is 2.15. The number of aromatic amines is 2. The van der Waals surface area contributed by atoms with E-state index in [4.69, 9.17) is 11.5 Å². The van der Waals surface area contributed by atoms with Crippen molar-refractivity contribution in [2.24, 2.45) is 17.4 Å². The number of aliphatic carboxylic acids is 1. The lowest BCUT2D eigenvalue weighted by atomic mass is 10.0. The molecule has 0 aromatic carbocycles. The van der Waals surface area contributed by atoms with Crippen molar-refractivity contribution in [1.82, 2.24) is 35.9 Å². The van der Waals surface area contributed by atoms with Gasteiger partial charge in [-0.15, -0.1) is 0 Å². The van der Waals surface area contributed by atoms with Crippen LogP contribution in [-0.4, -0.2) is 78.8 Å². The predicted molar refractivity (Wildman–Crippen MR) is 134 cm³/mol. The van der Waals surface area contributed by atoms with Gasteiger partial charge >= 0.3 is 5.97 Å². The minimum absolute atomic E-state index is 0.0285. The van der Waals surface area contributed by atoms with Crippen LogP contribution in [-0.2, 0) is 36.8 Å². The zero-order valence-electron chi connectivity index (χ0n) is 21.3. The highest BCUT2D eigenvalue weighted by molar-refractivity contribution is 5.94. The topological polar surface area (TPSA) is 251 Å². The summed E-state index contributed by atoms with van der Waals surface area (Å²) < 4.78 is 0. The monoisotopic (exact) mass is 533 g/mol. The Morgan fingerprint density at radius 1 is 0.868 bits per heavy atom. The molecule has 0 saturated carbocycles. The second kappa shape index (κ2) is 14.5. The highest BCUT2D eigenvalue weighted by Gasteiger charge is 2.31. The van der Waals surface area contributed by atoms with Crippen molar-refractivity contribution in [3.05, 3.63) is 36.4 Å². The first-order valence-electron chi connectivity index (χ1n) is 12.1. The van der Waals surface area contributed by atoms with Crippen LogP contribution in [0.25, 0.3) is 0 Å². The van der Waals surface area contributed by atoms with E-state index in [0.29, 0.717) is 11.4 Å². The molecular weight excluding hydrogens is 498 g/mol. The number of carbonyl (C=O) groups is 5. The number of carboxylic acid groups (broad SMARTS) is 1. The number of primary amides is 1. The number of nitrogens with two attached hydrogens (primary N) is 2. The summed E-state index contributed by atoms with van der Waals surface area (Å²) in [4.78, 5) is 75.2. The number of H-pyrrole nitrogens is 2. The summed E-state index contributed by atoms with van der Waals surface area (Å²) in [7, 11) is 0. The Labute approximate surface area is 218 Å². The lowest BCUT2D eigenvalue weighted by Gasteiger charge is -2.26. The summed E-state index contributed by atoms with van der Waals surface area (Å²) in [6.07, 6.45) is 5.83. The Bertz CT molecular complexity index is 1070. The molecule has 38 heavy (non-hydrogen) atoms. The van der Waals surface area contributed by atoms with E-state index in [9.17, 15) is 29.1 Å². The summed E-state index contributed by atoms with van der Waals surface area (Å²) in [5, 5.41) is 17.0. The molecule has 10 N–H and O–H groups in total. The van der Waals surface area contributed by atoms with Gasteiger partial charge in [0.25, 0.3) is 0 Å². The van der Waals surface area contributed by atoms with Gasteiger partial charge in [-0.3, -0.25) is 19.2 Å². The second-order valence-electron chi connectivity index (χ2n) is 9.32. The van der Waals surface area contributed by atoms with Gasteiger partial charge < -0.3 is 42.5 Å². The average Bonchev–Trinajstić information content (AvgIpc) is 3.54. The summed E-state index contributed by atoms with van der Waals surface area (Å²) >= 11 is 0. The SMILES string of the molecule is CC(C)CC(NC(=O)C(Cc1cnc[nH]1)NC(=O)C(N)Cc1cnc[nH]1)C(=O)NC(CCC(N)=O)C(=O)O. The van der Waals surface area contributed by atoms with Crippen molar-refractivity contribution in [2.45, 2.75) is 70.1 Å². The van der Waals surface area contributed by atoms with Crippen molar-refractivity contribution in [3.8, 4) is 0 Å². The van der Waals surface area contributed by atoms with Gasteiger partial charge in [-0.05, 0) is 18.8 Å². The Hall–Kier alpha value is -4.27. The van der Waals surface area contributed by atoms with Crippen LogP contribution in [0.3, 0.4) is 0 Å². The number of hydrogen-bond acceptors (Lipinski definition) is 8. The standard InChI is InChI=1S/C23H35N9O6/c1-12(2)5-17(21(35)30-16(23(37)38)3-4-19(25)33)32-22(36)18(7-14-9-27-11-29-14)31-20(34)15(24)6-13-8-26-10-28-13/h8-12,15-18H,3-7,24H2,1-2H3,(H2,25,33)(H,26,28)(H,27,29)(H,30,35)(H,31,34)(H,32,36)(H,37,38). The maximum absolute atomic E-state index is 13.3. The fourth-order valence-corrected chi connectivity index (χ4v) is 3.62. The third-order valence-electron chi connectivity index (χ3n) is 5.58. The van der Waals surface area contributed by atoms with Crippen LogP contribution in [0.1, 0.15) is 44.5 Å². The first-order chi connectivity index (χ1) is 18.0. The number of hydrogen-bond donors (Lipinski definition) is 8. The molecule has 0 radical (unpaired) electrons. The Kier molecular flexibility index (Phi) is 11.4. The number of carbonyl (C=O) groups excluding carboxylic acids is 4. The molecule has 4 unspecified atom stereocenters. The van der Waals surface area contributed by atoms with E-state index in [0.717, 1.165) is 0 Å². The molecule has 2 rings (SSSR count). The minimum atomic E-state index is -1.37. The minimum Gasteiger partial charge on any atom is -0.480 e. The van der Waals surface area contributed by atoms with E-state index in [1.807, 2.05) is 13.8 Å². The Morgan fingerprint density at radius 2 is 1.39 bits per heavy atom. The summed E-state index contributed by atoms with van der Waals surface area (Å²) in [6.45, 7) is 3.65. The smallest absolute Gasteiger partial charge is 0.326 e. The van der Waals surface area contributed by atoms with E-state index in [2.05, 4.69) is 35.9 Å². The molecule has 0 bridgehead atoms. The molecule has 2 heterocycles. The number of carboxylic acids is 1. The lowest BCUT2D eigenvalue weighted by Crippen LogP contribution is -2.58. The van der Waals surface area contributed by atoms with Crippen LogP contribution >= 0.6 is 0 Å². The molecule has 4 atom stereocenters. The van der Waals surface area contributed by atoms with Gasteiger partial charge in [0.05, 0.1) is 18.7 Å². The predicted octanol–water partition coefficient (Wildman–Crippen LogP) is -1.90. The van der Waals surface area contributed by atoms with Crippen molar-refractivity contribution < 1.29 is 29.1 Å². The van der Waals surface area contributed by atoms with E-state index in [1.165, 1.54) is 25.0 Å². The summed E-state index contributed by atoms with van der Waals surface area (Å²) in [5.74, 6) is -4.12. The first kappa shape index (κ1) is 30.0. The molecule has 208 valence electrons. The number of imidazole rings is 2. The molecule has 2 aromatic heterocycles. The van der Waals surface area contributed by atoms with Gasteiger partial charge in [0.15, 0.2) is 0 Å². The molecule has 4 amide bonds. The van der Waals surface area contributed by atoms with E-state index in [-0.39, 0.29) is 38.0 Å². The van der Waals surface area contributed by atoms with Crippen LogP contribution in [0.5, 0.6) is 0 Å². The highest BCUT2D eigenvalue weighted by atomic mass is 16.4. The maximum atomic E-state index is 13.3. The van der Waals surface area contributed by atoms with Crippen LogP contribution in [0.4, 0.5) is 0 Å². The molecule has 0 aliphatic heterocycles. The fraction of sp³-hybridized carbons (Fsp3) is 0.522. The number of aromatic nitrogens is 4. The zero-order valence-corrected chi connectivity index (χ0v) is 21.3. The van der Waals surface area contributed by atoms with Gasteiger partial charge in [0.2, 0.25) is 23.6 Å². The van der Waals surface area contributed by atoms with Gasteiger partial charge in [-0.2, -0.15) is 0 Å². The van der Waals surface area contributed by atoms with Crippen molar-refractivity contribution in [2.75, 3.05) is 0 Å². The molecule has 0 spiro atoms. The molecular formula is C23H35N9O6. The first-order valence-corrected chi connectivity index (χ1v) is 12.1. The number of nitrogens with zero attached hydrogens (tertiary/aromatic N) is 2. The second-order valence-corrected chi connectivity index (χ2v) is 9.32. The number of rotatable bonds is 16. The van der Waals surface area contributed by atoms with Crippen molar-refractivity contribution in [3.63, 3.8) is 0 Å². The van der Waals surface area contributed by atoms with Gasteiger partial charge in [-0.25, -0.2) is 14.8 Å². The van der Waals surface area contributed by atoms with Gasteiger partial charge in [0, 0.05) is 43.0 Å². The van der Waals surface area contributed by atoms with Crippen molar-refractivity contribution in [1.29, 1.82) is 0 Å². The largest absolute Gasteiger partial charge is 0.480 e. The molecule has 2 aromatic rings. The highest BCUT2D eigenvalue weighted by Crippen LogP contribution is 2.09. The van der Waals surface area contributed by atoms with E-state index in [1.54, 1.807) is 0 Å². The van der Waals surface area contributed by atoms with Crippen LogP contribution in [0.2, 0.25) is 0 Å². The number of nitrogens with one attached hydrogen (secondary N) is 5. The molecule has 0 aliphatic carbocycles. The zero-order chi connectivity index (χ0) is 28.2. The Morgan fingerprint density at radius 3 is 1.89 bits per heavy atom. The fourth-order valence-electron chi connectivity index (χ4n) is 3.62. The molecule has 0 fully saturated rings. The molecule has 15 nitrogen and oxygen atoms in total. The van der Waals surface area contributed by atoms with Gasteiger partial charge in [-0.1, -0.05) is 13.8 Å². The average molecular weight is 534 g/mol. The molecule has 0 saturated heterocycles. The summed E-state index contributed by atoms with van der Waals surface area (Å²) in [5.41, 5.74) is 12.3. The van der Waals surface area contributed by atoms with Gasteiger partial charge in [0.1, 0.15) is 18.1 Å². The molecule has 15 heteroatoms. The van der Waals surface area contributed by atoms with Crippen molar-refractivity contribution >= 4 is 29.6 Å². The maximum Gasteiger partial charge on any atom is 0.326 e. The quantitative estimate of drug-likeness (QED) is 0.120. The third kappa shape index (κ3) is 10.0.